The van der Waals surface area contributed by atoms with Gasteiger partial charge in [-0.15, -0.1) is 0 Å². The maximum Gasteiger partial charge on any atom is 0.318 e. The lowest BCUT2D eigenvalue weighted by Gasteiger charge is -2.15. The molecule has 7 nitrogen and oxygen atoms in total. The Bertz CT molecular complexity index is 479. The maximum atomic E-state index is 11.9. The highest BCUT2D eigenvalue weighted by atomic mass is 32.2. The van der Waals surface area contributed by atoms with Crippen LogP contribution < -0.4 is 0 Å². The van der Waals surface area contributed by atoms with Gasteiger partial charge in [0.15, 0.2) is 5.03 Å². The van der Waals surface area contributed by atoms with Crippen molar-refractivity contribution in [3.05, 3.63) is 12.5 Å². The summed E-state index contributed by atoms with van der Waals surface area (Å²) in [6.07, 6.45) is 2.60. The van der Waals surface area contributed by atoms with Crippen LogP contribution in [-0.2, 0) is 21.4 Å². The van der Waals surface area contributed by atoms with Gasteiger partial charge in [0.25, 0.3) is 10.0 Å². The lowest BCUT2D eigenvalue weighted by molar-refractivity contribution is -0.137. The van der Waals surface area contributed by atoms with E-state index in [2.05, 4.69) is 4.98 Å². The largest absolute Gasteiger partial charge is 0.480 e. The first-order valence-corrected chi connectivity index (χ1v) is 6.02. The fourth-order valence-electron chi connectivity index (χ4n) is 1.20. The molecule has 1 aromatic heterocycles. The summed E-state index contributed by atoms with van der Waals surface area (Å²) in [5, 5.41) is 8.54. The Morgan fingerprint density at radius 2 is 2.25 bits per heavy atom. The van der Waals surface area contributed by atoms with E-state index in [0.29, 0.717) is 6.54 Å². The zero-order valence-corrected chi connectivity index (χ0v) is 9.81. The average Bonchev–Trinajstić information content (AvgIpc) is 2.64. The van der Waals surface area contributed by atoms with Crippen LogP contribution in [0.15, 0.2) is 17.6 Å². The Hall–Kier alpha value is -1.41. The number of carboxylic acid groups (broad SMARTS) is 1. The highest BCUT2D eigenvalue weighted by molar-refractivity contribution is 7.89. The molecule has 0 fully saturated rings. The minimum Gasteiger partial charge on any atom is -0.480 e. The molecule has 1 rings (SSSR count). The second kappa shape index (κ2) is 4.62. The molecule has 0 aliphatic carbocycles. The van der Waals surface area contributed by atoms with Gasteiger partial charge in [-0.25, -0.2) is 13.4 Å². The third-order valence-corrected chi connectivity index (χ3v) is 3.87. The first-order valence-electron chi connectivity index (χ1n) is 4.57. The highest BCUT2D eigenvalue weighted by Gasteiger charge is 2.25. The third-order valence-electron chi connectivity index (χ3n) is 2.05. The Kier molecular flexibility index (Phi) is 3.66. The zero-order chi connectivity index (χ0) is 12.3. The second-order valence-corrected chi connectivity index (χ2v) is 5.16. The van der Waals surface area contributed by atoms with E-state index in [4.69, 9.17) is 5.11 Å². The topological polar surface area (TPSA) is 92.5 Å². The van der Waals surface area contributed by atoms with Crippen LogP contribution in [0.1, 0.15) is 6.92 Å². The predicted octanol–water partition coefficient (Wildman–Crippen LogP) is -0.392. The summed E-state index contributed by atoms with van der Waals surface area (Å²) in [4.78, 5) is 14.2. The van der Waals surface area contributed by atoms with Crippen molar-refractivity contribution in [2.24, 2.45) is 0 Å². The normalized spacial score (nSPS) is 11.9. The van der Waals surface area contributed by atoms with Crippen LogP contribution in [0.5, 0.6) is 0 Å². The number of hydrogen-bond acceptors (Lipinski definition) is 4. The number of aryl methyl sites for hydroxylation is 1. The van der Waals surface area contributed by atoms with Gasteiger partial charge in [0.2, 0.25) is 0 Å². The van der Waals surface area contributed by atoms with Crippen molar-refractivity contribution < 1.29 is 18.3 Å². The summed E-state index contributed by atoms with van der Waals surface area (Å²) in [6, 6.07) is 0. The standard InChI is InChI=1S/C8H13N3O4S/c1-3-11-6-9-4-7(11)16(14,15)10(2)5-8(12)13/h4,6H,3,5H2,1-2H3,(H,12,13). The molecular formula is C8H13N3O4S. The number of imidazole rings is 1. The first-order chi connectivity index (χ1) is 7.39. The molecule has 0 aliphatic rings. The van der Waals surface area contributed by atoms with Crippen molar-refractivity contribution in [1.82, 2.24) is 13.9 Å². The van der Waals surface area contributed by atoms with Crippen LogP contribution in [0.2, 0.25) is 0 Å². The second-order valence-electron chi connectivity index (χ2n) is 3.17. The van der Waals surface area contributed by atoms with Crippen molar-refractivity contribution in [1.29, 1.82) is 0 Å². The Morgan fingerprint density at radius 1 is 1.62 bits per heavy atom. The van der Waals surface area contributed by atoms with Crippen molar-refractivity contribution >= 4 is 16.0 Å². The number of aliphatic carboxylic acids is 1. The molecule has 0 amide bonds. The molecule has 0 atom stereocenters. The van der Waals surface area contributed by atoms with E-state index >= 15 is 0 Å². The van der Waals surface area contributed by atoms with E-state index < -0.39 is 22.5 Å². The predicted molar refractivity (Wildman–Crippen MR) is 55.4 cm³/mol. The van der Waals surface area contributed by atoms with Crippen molar-refractivity contribution in [3.63, 3.8) is 0 Å². The van der Waals surface area contributed by atoms with Gasteiger partial charge in [-0.3, -0.25) is 4.79 Å². The molecule has 0 saturated carbocycles. The van der Waals surface area contributed by atoms with Gasteiger partial charge in [0, 0.05) is 13.6 Å². The molecule has 1 N–H and O–H groups in total. The van der Waals surface area contributed by atoms with Crippen molar-refractivity contribution in [2.45, 2.75) is 18.5 Å². The highest BCUT2D eigenvalue weighted by Crippen LogP contribution is 2.13. The average molecular weight is 247 g/mol. The van der Waals surface area contributed by atoms with Crippen molar-refractivity contribution in [3.8, 4) is 0 Å². The Balaban J connectivity index is 3.07. The summed E-state index contributed by atoms with van der Waals surface area (Å²) < 4.78 is 26.0. The Morgan fingerprint density at radius 3 is 2.75 bits per heavy atom. The van der Waals surface area contributed by atoms with Crippen LogP contribution in [0.4, 0.5) is 0 Å². The van der Waals surface area contributed by atoms with E-state index in [1.807, 2.05) is 0 Å². The smallest absolute Gasteiger partial charge is 0.318 e. The van der Waals surface area contributed by atoms with Gasteiger partial charge >= 0.3 is 5.97 Å². The lowest BCUT2D eigenvalue weighted by atomic mass is 10.7. The van der Waals surface area contributed by atoms with Gasteiger partial charge in [0.05, 0.1) is 12.5 Å². The molecule has 90 valence electrons. The molecule has 0 aliphatic heterocycles. The summed E-state index contributed by atoms with van der Waals surface area (Å²) >= 11 is 0. The molecule has 8 heteroatoms. The number of rotatable bonds is 5. The molecule has 0 saturated heterocycles. The number of sulfonamides is 1. The number of likely N-dealkylation sites (N-methyl/N-ethyl adjacent to an activating group) is 1. The van der Waals surface area contributed by atoms with Crippen LogP contribution >= 0.6 is 0 Å². The quantitative estimate of drug-likeness (QED) is 0.764. The number of hydrogen-bond donors (Lipinski definition) is 1. The molecule has 1 aromatic rings. The third kappa shape index (κ3) is 2.39. The van der Waals surface area contributed by atoms with Gasteiger partial charge in [-0.1, -0.05) is 0 Å². The monoisotopic (exact) mass is 247 g/mol. The molecule has 0 unspecified atom stereocenters. The summed E-state index contributed by atoms with van der Waals surface area (Å²) in [5.41, 5.74) is 0. The minimum atomic E-state index is -3.78. The molecule has 0 bridgehead atoms. The minimum absolute atomic E-state index is 0.00116. The van der Waals surface area contributed by atoms with E-state index in [1.54, 1.807) is 6.92 Å². The SMILES string of the molecule is CCn1cncc1S(=O)(=O)N(C)CC(=O)O. The number of carbonyl (C=O) groups is 1. The molecule has 16 heavy (non-hydrogen) atoms. The van der Waals surface area contributed by atoms with Gasteiger partial charge < -0.3 is 9.67 Å². The van der Waals surface area contributed by atoms with Crippen LogP contribution in [0.3, 0.4) is 0 Å². The molecular weight excluding hydrogens is 234 g/mol. The summed E-state index contributed by atoms with van der Waals surface area (Å²) in [5.74, 6) is -1.20. The van der Waals surface area contributed by atoms with Gasteiger partial charge in [-0.05, 0) is 6.92 Å². The number of aromatic nitrogens is 2. The van der Waals surface area contributed by atoms with Crippen LogP contribution in [0, 0.1) is 0 Å². The lowest BCUT2D eigenvalue weighted by Crippen LogP contribution is -2.33. The summed E-state index contributed by atoms with van der Waals surface area (Å²) in [7, 11) is -2.56. The molecule has 0 aromatic carbocycles. The van der Waals surface area contributed by atoms with Crippen LogP contribution in [0.25, 0.3) is 0 Å². The van der Waals surface area contributed by atoms with E-state index in [9.17, 15) is 13.2 Å². The van der Waals surface area contributed by atoms with Crippen LogP contribution in [-0.4, -0.2) is 46.9 Å². The summed E-state index contributed by atoms with van der Waals surface area (Å²) in [6.45, 7) is 1.66. The number of nitrogens with zero attached hydrogens (tertiary/aromatic N) is 3. The fraction of sp³-hybridized carbons (Fsp3) is 0.500. The van der Waals surface area contributed by atoms with E-state index in [-0.39, 0.29) is 5.03 Å². The molecule has 0 spiro atoms. The van der Waals surface area contributed by atoms with Gasteiger partial charge in [-0.2, -0.15) is 4.31 Å². The van der Waals surface area contributed by atoms with E-state index in [1.165, 1.54) is 24.1 Å². The van der Waals surface area contributed by atoms with E-state index in [0.717, 1.165) is 4.31 Å². The molecule has 0 radical (unpaired) electrons. The number of carboxylic acids is 1. The van der Waals surface area contributed by atoms with Gasteiger partial charge in [0.1, 0.15) is 6.54 Å². The fourth-order valence-corrected chi connectivity index (χ4v) is 2.46. The Labute approximate surface area is 93.4 Å². The maximum absolute atomic E-state index is 11.9. The molecule has 1 heterocycles. The first kappa shape index (κ1) is 12.7. The zero-order valence-electron chi connectivity index (χ0n) is 8.99. The van der Waals surface area contributed by atoms with Crippen molar-refractivity contribution in [2.75, 3.05) is 13.6 Å².